The Morgan fingerprint density at radius 1 is 1.00 bits per heavy atom. The topological polar surface area (TPSA) is 92.7 Å². The first-order valence-corrected chi connectivity index (χ1v) is 8.80. The Bertz CT molecular complexity index is 798. The van der Waals surface area contributed by atoms with Crippen molar-refractivity contribution in [3.05, 3.63) is 65.2 Å². The maximum absolute atomic E-state index is 12.2. The van der Waals surface area contributed by atoms with Gasteiger partial charge in [-0.3, -0.25) is 9.59 Å². The lowest BCUT2D eigenvalue weighted by atomic mass is 10.0. The van der Waals surface area contributed by atoms with Gasteiger partial charge in [0.05, 0.1) is 0 Å². The van der Waals surface area contributed by atoms with E-state index >= 15 is 0 Å². The van der Waals surface area contributed by atoms with E-state index in [4.69, 9.17) is 9.84 Å². The summed E-state index contributed by atoms with van der Waals surface area (Å²) in [6.45, 7) is 1.91. The van der Waals surface area contributed by atoms with Crippen molar-refractivity contribution in [1.82, 2.24) is 5.32 Å². The van der Waals surface area contributed by atoms with Gasteiger partial charge in [0, 0.05) is 24.9 Å². The second-order valence-electron chi connectivity index (χ2n) is 6.08. The molecule has 0 bridgehead atoms. The molecule has 0 aliphatic heterocycles. The molecule has 2 aromatic carbocycles. The molecular formula is C21H23NO5. The number of amides is 1. The van der Waals surface area contributed by atoms with Crippen LogP contribution >= 0.6 is 0 Å². The fraction of sp³-hybridized carbons (Fsp3) is 0.286. The van der Waals surface area contributed by atoms with Gasteiger partial charge in [0.25, 0.3) is 0 Å². The standard InChI is InChI=1S/C21H23NO5/c1-2-15-6-8-17(9-7-15)19(23)10-11-20(24)22-13-16-4-3-5-18(12-16)27-14-21(25)26/h3-9,12H,2,10-11,13-14H2,1H3,(H,22,24)(H,25,26). The lowest BCUT2D eigenvalue weighted by molar-refractivity contribution is -0.139. The highest BCUT2D eigenvalue weighted by Crippen LogP contribution is 2.13. The van der Waals surface area contributed by atoms with E-state index in [0.29, 0.717) is 11.3 Å². The zero-order valence-corrected chi connectivity index (χ0v) is 15.2. The van der Waals surface area contributed by atoms with Gasteiger partial charge in [-0.2, -0.15) is 0 Å². The summed E-state index contributed by atoms with van der Waals surface area (Å²) in [4.78, 5) is 34.7. The van der Waals surface area contributed by atoms with Crippen LogP contribution in [0.3, 0.4) is 0 Å². The van der Waals surface area contributed by atoms with Crippen LogP contribution in [0.2, 0.25) is 0 Å². The highest BCUT2D eigenvalue weighted by molar-refractivity contribution is 5.97. The molecule has 142 valence electrons. The number of Topliss-reactive ketones (excluding diaryl/α,β-unsaturated/α-hetero) is 1. The van der Waals surface area contributed by atoms with E-state index in [1.54, 1.807) is 36.4 Å². The van der Waals surface area contributed by atoms with Crippen molar-refractivity contribution in [3.63, 3.8) is 0 Å². The summed E-state index contributed by atoms with van der Waals surface area (Å²) in [7, 11) is 0. The maximum atomic E-state index is 12.2. The van der Waals surface area contributed by atoms with Crippen molar-refractivity contribution in [2.45, 2.75) is 32.7 Å². The molecule has 6 nitrogen and oxygen atoms in total. The molecule has 1 amide bonds. The van der Waals surface area contributed by atoms with Gasteiger partial charge in [0.15, 0.2) is 12.4 Å². The van der Waals surface area contributed by atoms with Gasteiger partial charge in [-0.1, -0.05) is 43.3 Å². The summed E-state index contributed by atoms with van der Waals surface area (Å²) >= 11 is 0. The van der Waals surface area contributed by atoms with Crippen LogP contribution in [0.4, 0.5) is 0 Å². The first-order valence-electron chi connectivity index (χ1n) is 8.80. The van der Waals surface area contributed by atoms with Crippen LogP contribution in [0.1, 0.15) is 41.3 Å². The zero-order valence-electron chi connectivity index (χ0n) is 15.2. The number of carboxylic acids is 1. The Morgan fingerprint density at radius 3 is 2.41 bits per heavy atom. The highest BCUT2D eigenvalue weighted by atomic mass is 16.5. The van der Waals surface area contributed by atoms with Gasteiger partial charge in [-0.05, 0) is 29.7 Å². The SMILES string of the molecule is CCc1ccc(C(=O)CCC(=O)NCc2cccc(OCC(=O)O)c2)cc1. The van der Waals surface area contributed by atoms with Crippen LogP contribution in [-0.2, 0) is 22.6 Å². The van der Waals surface area contributed by atoms with Gasteiger partial charge in [0.2, 0.25) is 5.91 Å². The largest absolute Gasteiger partial charge is 0.482 e. The van der Waals surface area contributed by atoms with E-state index in [1.165, 1.54) is 5.56 Å². The second-order valence-corrected chi connectivity index (χ2v) is 6.08. The van der Waals surface area contributed by atoms with Crippen LogP contribution < -0.4 is 10.1 Å². The fourth-order valence-corrected chi connectivity index (χ4v) is 2.48. The molecule has 0 saturated carbocycles. The zero-order chi connectivity index (χ0) is 19.6. The van der Waals surface area contributed by atoms with E-state index in [9.17, 15) is 14.4 Å². The molecule has 0 saturated heterocycles. The lowest BCUT2D eigenvalue weighted by Gasteiger charge is -2.08. The van der Waals surface area contributed by atoms with Crippen LogP contribution in [0.15, 0.2) is 48.5 Å². The smallest absolute Gasteiger partial charge is 0.341 e. The Kier molecular flexibility index (Phi) is 7.55. The average molecular weight is 369 g/mol. The first kappa shape index (κ1) is 20.2. The van der Waals surface area contributed by atoms with Crippen molar-refractivity contribution >= 4 is 17.7 Å². The summed E-state index contributed by atoms with van der Waals surface area (Å²) in [5, 5.41) is 11.4. The molecule has 0 aliphatic rings. The maximum Gasteiger partial charge on any atom is 0.341 e. The number of aryl methyl sites for hydroxylation is 1. The molecule has 0 atom stereocenters. The molecule has 27 heavy (non-hydrogen) atoms. The molecular weight excluding hydrogens is 346 g/mol. The summed E-state index contributed by atoms with van der Waals surface area (Å²) in [6, 6.07) is 14.3. The molecule has 0 fully saturated rings. The Balaban J connectivity index is 1.77. The number of rotatable bonds is 10. The van der Waals surface area contributed by atoms with Crippen molar-refractivity contribution in [2.75, 3.05) is 6.61 Å². The van der Waals surface area contributed by atoms with Crippen molar-refractivity contribution in [1.29, 1.82) is 0 Å². The third kappa shape index (κ3) is 6.93. The molecule has 2 aromatic rings. The third-order valence-electron chi connectivity index (χ3n) is 4.01. The summed E-state index contributed by atoms with van der Waals surface area (Å²) in [6.07, 6.45) is 1.18. The number of aliphatic carboxylic acids is 1. The van der Waals surface area contributed by atoms with Gasteiger partial charge in [0.1, 0.15) is 5.75 Å². The lowest BCUT2D eigenvalue weighted by Crippen LogP contribution is -2.23. The predicted octanol–water partition coefficient (Wildman–Crippen LogP) is 2.99. The van der Waals surface area contributed by atoms with Crippen LogP contribution in [-0.4, -0.2) is 29.4 Å². The monoisotopic (exact) mass is 369 g/mol. The quantitative estimate of drug-likeness (QED) is 0.628. The first-order chi connectivity index (χ1) is 13.0. The molecule has 0 heterocycles. The number of ketones is 1. The number of hydrogen-bond donors (Lipinski definition) is 2. The van der Waals surface area contributed by atoms with E-state index in [1.807, 2.05) is 12.1 Å². The molecule has 2 rings (SSSR count). The normalized spacial score (nSPS) is 10.3. The number of carbonyl (C=O) groups excluding carboxylic acids is 2. The number of hydrogen-bond acceptors (Lipinski definition) is 4. The molecule has 0 spiro atoms. The molecule has 6 heteroatoms. The number of carbonyl (C=O) groups is 3. The highest BCUT2D eigenvalue weighted by Gasteiger charge is 2.09. The average Bonchev–Trinajstić information content (AvgIpc) is 2.69. The Morgan fingerprint density at radius 2 is 1.74 bits per heavy atom. The van der Waals surface area contributed by atoms with Crippen LogP contribution in [0, 0.1) is 0 Å². The van der Waals surface area contributed by atoms with Gasteiger partial charge >= 0.3 is 5.97 Å². The number of carboxylic acid groups (broad SMARTS) is 1. The predicted molar refractivity (Wildman–Crippen MR) is 101 cm³/mol. The van der Waals surface area contributed by atoms with Gasteiger partial charge in [-0.25, -0.2) is 4.79 Å². The van der Waals surface area contributed by atoms with Crippen molar-refractivity contribution < 1.29 is 24.2 Å². The molecule has 0 aliphatic carbocycles. The van der Waals surface area contributed by atoms with Crippen LogP contribution in [0.5, 0.6) is 5.75 Å². The Labute approximate surface area is 158 Å². The summed E-state index contributed by atoms with van der Waals surface area (Å²) < 4.78 is 5.10. The minimum atomic E-state index is -1.05. The molecule has 0 unspecified atom stereocenters. The minimum absolute atomic E-state index is 0.0585. The number of benzene rings is 2. The minimum Gasteiger partial charge on any atom is -0.482 e. The Hall–Kier alpha value is -3.15. The number of nitrogens with one attached hydrogen (secondary N) is 1. The summed E-state index contributed by atoms with van der Waals surface area (Å²) in [5.74, 6) is -0.903. The molecule has 0 aromatic heterocycles. The van der Waals surface area contributed by atoms with Gasteiger partial charge in [-0.15, -0.1) is 0 Å². The van der Waals surface area contributed by atoms with Crippen LogP contribution in [0.25, 0.3) is 0 Å². The van der Waals surface area contributed by atoms with E-state index in [-0.39, 0.29) is 31.1 Å². The second kappa shape index (κ2) is 10.1. The van der Waals surface area contributed by atoms with Crippen molar-refractivity contribution in [2.24, 2.45) is 0 Å². The van der Waals surface area contributed by atoms with E-state index < -0.39 is 12.6 Å². The number of ether oxygens (including phenoxy) is 1. The fourth-order valence-electron chi connectivity index (χ4n) is 2.48. The van der Waals surface area contributed by atoms with Crippen molar-refractivity contribution in [3.8, 4) is 5.75 Å². The van der Waals surface area contributed by atoms with E-state index in [0.717, 1.165) is 12.0 Å². The molecule has 2 N–H and O–H groups in total. The van der Waals surface area contributed by atoms with Gasteiger partial charge < -0.3 is 15.2 Å². The summed E-state index contributed by atoms with van der Waals surface area (Å²) in [5.41, 5.74) is 2.56. The molecule has 0 radical (unpaired) electrons. The van der Waals surface area contributed by atoms with E-state index in [2.05, 4.69) is 12.2 Å². The third-order valence-corrected chi connectivity index (χ3v) is 4.01.